The van der Waals surface area contributed by atoms with Gasteiger partial charge >= 0.3 is 6.09 Å². The van der Waals surface area contributed by atoms with E-state index in [-0.39, 0.29) is 29.5 Å². The van der Waals surface area contributed by atoms with Crippen molar-refractivity contribution in [3.8, 4) is 5.69 Å². The van der Waals surface area contributed by atoms with E-state index in [1.165, 1.54) is 18.5 Å². The molecule has 0 spiro atoms. The Bertz CT molecular complexity index is 1300. The van der Waals surface area contributed by atoms with Crippen LogP contribution in [0.1, 0.15) is 76.2 Å². The van der Waals surface area contributed by atoms with E-state index in [4.69, 9.17) is 4.74 Å². The van der Waals surface area contributed by atoms with Gasteiger partial charge in [-0.1, -0.05) is 0 Å². The zero-order valence-corrected chi connectivity index (χ0v) is 22.5. The fourth-order valence-corrected chi connectivity index (χ4v) is 5.00. The molecule has 1 saturated heterocycles. The quantitative estimate of drug-likeness (QED) is 0.451. The Morgan fingerprint density at radius 3 is 2.70 bits per heavy atom. The summed E-state index contributed by atoms with van der Waals surface area (Å²) in [6.45, 7) is 13.0. The van der Waals surface area contributed by atoms with Gasteiger partial charge in [-0.05, 0) is 72.6 Å². The lowest BCUT2D eigenvalue weighted by Crippen LogP contribution is -2.42. The van der Waals surface area contributed by atoms with Gasteiger partial charge in [0.25, 0.3) is 5.91 Å². The summed E-state index contributed by atoms with van der Waals surface area (Å²) in [6, 6.07) is 4.25. The first kappa shape index (κ1) is 26.6. The number of benzene rings is 1. The Balaban J connectivity index is 1.77. The van der Waals surface area contributed by atoms with Gasteiger partial charge in [0.2, 0.25) is 0 Å². The van der Waals surface area contributed by atoms with Gasteiger partial charge in [-0.3, -0.25) is 4.79 Å². The van der Waals surface area contributed by atoms with Gasteiger partial charge in [0.15, 0.2) is 0 Å². The van der Waals surface area contributed by atoms with Gasteiger partial charge in [0.1, 0.15) is 17.7 Å². The van der Waals surface area contributed by atoms with Crippen molar-refractivity contribution < 1.29 is 18.7 Å². The smallest absolute Gasteiger partial charge is 0.410 e. The third-order valence-corrected chi connectivity index (χ3v) is 6.68. The van der Waals surface area contributed by atoms with Gasteiger partial charge in [-0.15, -0.1) is 0 Å². The average molecular weight is 510 g/mol. The number of rotatable bonds is 5. The number of aromatic nitrogens is 3. The lowest BCUT2D eigenvalue weighted by Gasteiger charge is -2.34. The van der Waals surface area contributed by atoms with E-state index in [0.29, 0.717) is 25.3 Å². The van der Waals surface area contributed by atoms with Crippen molar-refractivity contribution in [2.75, 3.05) is 19.6 Å². The molecule has 0 N–H and O–H groups in total. The zero-order valence-electron chi connectivity index (χ0n) is 22.5. The number of likely N-dealkylation sites (tertiary alicyclic amines) is 1. The van der Waals surface area contributed by atoms with Gasteiger partial charge in [0.05, 0.1) is 28.5 Å². The van der Waals surface area contributed by atoms with Crippen molar-refractivity contribution in [1.82, 2.24) is 24.3 Å². The predicted octanol–water partition coefficient (Wildman–Crippen LogP) is 5.54. The number of hydrogen-bond acceptors (Lipinski definition) is 5. The number of carbonyl (C=O) groups is 2. The maximum atomic E-state index is 14.4. The monoisotopic (exact) mass is 509 g/mol. The predicted molar refractivity (Wildman–Crippen MR) is 140 cm³/mol. The number of ether oxygens (including phenoxy) is 1. The van der Waals surface area contributed by atoms with Gasteiger partial charge in [-0.25, -0.2) is 19.2 Å². The molecule has 1 aliphatic rings. The van der Waals surface area contributed by atoms with Crippen molar-refractivity contribution in [3.05, 3.63) is 53.9 Å². The summed E-state index contributed by atoms with van der Waals surface area (Å²) in [6.07, 6.45) is 6.56. The van der Waals surface area contributed by atoms with Crippen LogP contribution >= 0.6 is 0 Å². The Morgan fingerprint density at radius 2 is 2.03 bits per heavy atom. The molecule has 37 heavy (non-hydrogen) atoms. The molecule has 2 aromatic heterocycles. The molecule has 4 rings (SSSR count). The fraction of sp³-hybridized carbons (Fsp3) is 0.500. The first-order valence-corrected chi connectivity index (χ1v) is 12.9. The summed E-state index contributed by atoms with van der Waals surface area (Å²) < 4.78 is 21.9. The van der Waals surface area contributed by atoms with E-state index in [1.54, 1.807) is 22.1 Å². The summed E-state index contributed by atoms with van der Waals surface area (Å²) in [5.74, 6) is -0.677. The highest BCUT2D eigenvalue weighted by Crippen LogP contribution is 2.35. The van der Waals surface area contributed by atoms with Gasteiger partial charge < -0.3 is 19.1 Å². The van der Waals surface area contributed by atoms with Crippen LogP contribution in [0.3, 0.4) is 0 Å². The van der Waals surface area contributed by atoms with E-state index in [9.17, 15) is 14.0 Å². The molecular weight excluding hydrogens is 473 g/mol. The first-order chi connectivity index (χ1) is 17.5. The van der Waals surface area contributed by atoms with Crippen LogP contribution in [0, 0.1) is 5.82 Å². The number of carbonyl (C=O) groups excluding carboxylic acids is 2. The maximum Gasteiger partial charge on any atom is 0.410 e. The average Bonchev–Trinajstić information content (AvgIpc) is 3.23. The Hall–Kier alpha value is -3.49. The van der Waals surface area contributed by atoms with E-state index in [0.717, 1.165) is 29.4 Å². The van der Waals surface area contributed by atoms with Crippen LogP contribution < -0.4 is 0 Å². The second kappa shape index (κ2) is 10.5. The molecule has 2 amide bonds. The standard InChI is InChI=1S/C28H36FN5O3/c1-7-33(18(2)3)26(35)21-13-20(29)10-11-23(21)34-16-22(25-24(34)14-30-17-31-25)19-9-8-12-32(15-19)27(36)37-28(4,5)6/h10-11,13-14,16-19H,7-9,12,15H2,1-6H3. The van der Waals surface area contributed by atoms with Crippen molar-refractivity contribution in [3.63, 3.8) is 0 Å². The minimum atomic E-state index is -0.568. The maximum absolute atomic E-state index is 14.4. The molecule has 3 aromatic rings. The largest absolute Gasteiger partial charge is 0.444 e. The summed E-state index contributed by atoms with van der Waals surface area (Å²) in [4.78, 5) is 38.5. The van der Waals surface area contributed by atoms with Crippen LogP contribution in [0.2, 0.25) is 0 Å². The van der Waals surface area contributed by atoms with Crippen LogP contribution in [0.4, 0.5) is 9.18 Å². The second-order valence-corrected chi connectivity index (χ2v) is 10.8. The summed E-state index contributed by atoms with van der Waals surface area (Å²) in [5.41, 5.74) is 2.72. The molecule has 9 heteroatoms. The van der Waals surface area contributed by atoms with Crippen LogP contribution in [0.5, 0.6) is 0 Å². The summed E-state index contributed by atoms with van der Waals surface area (Å²) in [5, 5.41) is 0. The summed E-state index contributed by atoms with van der Waals surface area (Å²) in [7, 11) is 0. The van der Waals surface area contributed by atoms with Gasteiger partial charge in [0, 0.05) is 43.4 Å². The van der Waals surface area contributed by atoms with Crippen molar-refractivity contribution in [2.45, 2.75) is 71.9 Å². The number of piperidine rings is 1. The molecule has 3 heterocycles. The topological polar surface area (TPSA) is 80.6 Å². The molecule has 1 atom stereocenters. The third-order valence-electron chi connectivity index (χ3n) is 6.68. The molecule has 1 aliphatic heterocycles. The van der Waals surface area contributed by atoms with Crippen LogP contribution in [0.25, 0.3) is 16.7 Å². The van der Waals surface area contributed by atoms with Crippen LogP contribution in [-0.4, -0.2) is 67.6 Å². The molecule has 0 aliphatic carbocycles. The highest BCUT2D eigenvalue weighted by molar-refractivity contribution is 5.99. The molecule has 1 fully saturated rings. The molecular formula is C28H36FN5O3. The van der Waals surface area contributed by atoms with E-state index in [2.05, 4.69) is 9.97 Å². The Morgan fingerprint density at radius 1 is 1.27 bits per heavy atom. The van der Waals surface area contributed by atoms with E-state index in [1.807, 2.05) is 52.3 Å². The van der Waals surface area contributed by atoms with Crippen molar-refractivity contribution in [1.29, 1.82) is 0 Å². The Kier molecular flexibility index (Phi) is 7.52. The molecule has 198 valence electrons. The second-order valence-electron chi connectivity index (χ2n) is 10.8. The van der Waals surface area contributed by atoms with Crippen molar-refractivity contribution in [2.24, 2.45) is 0 Å². The highest BCUT2D eigenvalue weighted by atomic mass is 19.1. The normalized spacial score (nSPS) is 16.3. The number of hydrogen-bond donors (Lipinski definition) is 0. The SMILES string of the molecule is CCN(C(=O)c1cc(F)ccc1-n1cc(C2CCCN(C(=O)OC(C)(C)C)C2)c2ncncc21)C(C)C. The van der Waals surface area contributed by atoms with E-state index < -0.39 is 11.4 Å². The lowest BCUT2D eigenvalue weighted by atomic mass is 9.92. The van der Waals surface area contributed by atoms with Crippen LogP contribution in [0.15, 0.2) is 36.9 Å². The molecule has 1 aromatic carbocycles. The third kappa shape index (κ3) is 5.60. The molecule has 8 nitrogen and oxygen atoms in total. The van der Waals surface area contributed by atoms with Crippen LogP contribution in [-0.2, 0) is 4.74 Å². The number of amides is 2. The molecule has 0 saturated carbocycles. The fourth-order valence-electron chi connectivity index (χ4n) is 5.00. The zero-order chi connectivity index (χ0) is 26.9. The molecule has 1 unspecified atom stereocenters. The number of halogens is 1. The molecule has 0 radical (unpaired) electrons. The highest BCUT2D eigenvalue weighted by Gasteiger charge is 2.31. The van der Waals surface area contributed by atoms with Gasteiger partial charge in [-0.2, -0.15) is 0 Å². The lowest BCUT2D eigenvalue weighted by molar-refractivity contribution is 0.0198. The summed E-state index contributed by atoms with van der Waals surface area (Å²) >= 11 is 0. The number of nitrogens with zero attached hydrogens (tertiary/aromatic N) is 5. The van der Waals surface area contributed by atoms with Crippen molar-refractivity contribution >= 4 is 23.0 Å². The molecule has 0 bridgehead atoms. The first-order valence-electron chi connectivity index (χ1n) is 12.9. The minimum Gasteiger partial charge on any atom is -0.444 e. The Labute approximate surface area is 217 Å². The minimum absolute atomic E-state index is 0.0299. The number of fused-ring (bicyclic) bond motifs is 1. The van der Waals surface area contributed by atoms with E-state index >= 15 is 0 Å².